The molecule has 1 saturated heterocycles. The fourth-order valence-corrected chi connectivity index (χ4v) is 2.50. The van der Waals surface area contributed by atoms with E-state index in [1.807, 2.05) is 39.5 Å². The van der Waals surface area contributed by atoms with Gasteiger partial charge in [0, 0.05) is 13.1 Å². The highest BCUT2D eigenvalue weighted by Gasteiger charge is 2.29. The van der Waals surface area contributed by atoms with Gasteiger partial charge >= 0.3 is 6.09 Å². The summed E-state index contributed by atoms with van der Waals surface area (Å²) < 4.78 is 5.27. The summed E-state index contributed by atoms with van der Waals surface area (Å²) in [6, 6.07) is 2.18. The van der Waals surface area contributed by atoms with E-state index in [0.29, 0.717) is 24.5 Å². The maximum absolute atomic E-state index is 11.8. The molecule has 0 aliphatic carbocycles. The van der Waals surface area contributed by atoms with Crippen molar-refractivity contribution in [3.05, 3.63) is 16.8 Å². The minimum absolute atomic E-state index is 0.0280. The number of carbonyl (C=O) groups is 1. The Balaban J connectivity index is 2.05. The molecule has 1 aliphatic heterocycles. The van der Waals surface area contributed by atoms with E-state index in [0.717, 1.165) is 17.7 Å². The molecule has 0 bridgehead atoms. The van der Waals surface area contributed by atoms with E-state index in [2.05, 4.69) is 21.6 Å². The maximum Gasteiger partial charge on any atom is 0.407 e. The molecular weight excluding hydrogens is 294 g/mol. The number of aryl methyl sites for hydroxylation is 1. The van der Waals surface area contributed by atoms with Crippen molar-refractivity contribution in [2.75, 3.05) is 18.0 Å². The predicted octanol–water partition coefficient (Wildman–Crippen LogP) is 2.07. The predicted molar refractivity (Wildman–Crippen MR) is 86.2 cm³/mol. The molecule has 1 aromatic rings. The summed E-state index contributed by atoms with van der Waals surface area (Å²) in [6.07, 6.45) is 0.356. The smallest absolute Gasteiger partial charge is 0.407 e. The number of nitriles is 1. The van der Waals surface area contributed by atoms with Crippen LogP contribution in [0.2, 0.25) is 0 Å². The topological polar surface area (TPSA) is 91.1 Å². The van der Waals surface area contributed by atoms with Crippen LogP contribution in [0.1, 0.15) is 44.0 Å². The van der Waals surface area contributed by atoms with Crippen LogP contribution in [0.3, 0.4) is 0 Å². The van der Waals surface area contributed by atoms with Crippen molar-refractivity contribution >= 4 is 11.9 Å². The van der Waals surface area contributed by atoms with Gasteiger partial charge in [-0.2, -0.15) is 10.4 Å². The van der Waals surface area contributed by atoms with E-state index >= 15 is 0 Å². The first-order valence-corrected chi connectivity index (χ1v) is 7.69. The molecule has 1 atom stereocenters. The maximum atomic E-state index is 11.8. The van der Waals surface area contributed by atoms with Gasteiger partial charge in [-0.25, -0.2) is 4.79 Å². The Labute approximate surface area is 136 Å². The van der Waals surface area contributed by atoms with Crippen LogP contribution >= 0.6 is 0 Å². The number of hydrogen-bond donors (Lipinski definition) is 1. The quantitative estimate of drug-likeness (QED) is 0.898. The average Bonchev–Trinajstić information content (AvgIpc) is 2.87. The van der Waals surface area contributed by atoms with Crippen LogP contribution < -0.4 is 10.2 Å². The minimum Gasteiger partial charge on any atom is -0.444 e. The highest BCUT2D eigenvalue weighted by atomic mass is 16.6. The fraction of sp³-hybridized carbons (Fsp3) is 0.625. The number of nitrogens with one attached hydrogen (secondary N) is 1. The van der Waals surface area contributed by atoms with Crippen molar-refractivity contribution in [2.24, 2.45) is 0 Å². The Hall–Kier alpha value is -2.36. The number of amides is 1. The van der Waals surface area contributed by atoms with Crippen LogP contribution in [0.15, 0.2) is 0 Å². The largest absolute Gasteiger partial charge is 0.444 e. The molecule has 0 aromatic carbocycles. The number of hydrogen-bond acceptors (Lipinski definition) is 6. The monoisotopic (exact) mass is 317 g/mol. The van der Waals surface area contributed by atoms with E-state index in [-0.39, 0.29) is 6.04 Å². The molecule has 1 aliphatic rings. The van der Waals surface area contributed by atoms with Gasteiger partial charge in [0.25, 0.3) is 0 Å². The lowest BCUT2D eigenvalue weighted by Crippen LogP contribution is -2.40. The second-order valence-corrected chi connectivity index (χ2v) is 6.80. The van der Waals surface area contributed by atoms with Crippen LogP contribution in [0.4, 0.5) is 10.6 Å². The lowest BCUT2D eigenvalue weighted by Gasteiger charge is -2.22. The summed E-state index contributed by atoms with van der Waals surface area (Å²) >= 11 is 0. The summed E-state index contributed by atoms with van der Waals surface area (Å²) in [6.45, 7) is 10.5. The van der Waals surface area contributed by atoms with Crippen molar-refractivity contribution in [1.82, 2.24) is 15.5 Å². The molecule has 0 radical (unpaired) electrons. The van der Waals surface area contributed by atoms with Gasteiger partial charge in [0.05, 0.1) is 11.7 Å². The third kappa shape index (κ3) is 4.09. The van der Waals surface area contributed by atoms with Gasteiger partial charge < -0.3 is 15.0 Å². The van der Waals surface area contributed by atoms with E-state index in [1.165, 1.54) is 0 Å². The lowest BCUT2D eigenvalue weighted by atomic mass is 10.1. The Morgan fingerprint density at radius 3 is 2.70 bits per heavy atom. The van der Waals surface area contributed by atoms with E-state index < -0.39 is 11.7 Å². The number of ether oxygens (including phenoxy) is 1. The molecule has 2 rings (SSSR count). The summed E-state index contributed by atoms with van der Waals surface area (Å²) in [5, 5.41) is 20.5. The molecule has 1 aromatic heterocycles. The molecule has 1 unspecified atom stereocenters. The van der Waals surface area contributed by atoms with Crippen molar-refractivity contribution in [3.8, 4) is 6.07 Å². The zero-order valence-corrected chi connectivity index (χ0v) is 14.3. The number of carbonyl (C=O) groups excluding carboxylic acids is 1. The minimum atomic E-state index is -0.518. The number of rotatable bonds is 2. The first-order chi connectivity index (χ1) is 10.7. The molecule has 1 N–H and O–H groups in total. The second-order valence-electron chi connectivity index (χ2n) is 6.80. The SMILES string of the molecule is Cc1nnc(N2CCC(NC(=O)OC(C)(C)C)C2)c(C#N)c1C. The standard InChI is InChI=1S/C16H23N5O2/c1-10-11(2)19-20-14(13(10)8-17)21-7-6-12(9-21)18-15(22)23-16(3,4)5/h12H,6-7,9H2,1-5H3,(H,18,22). The third-order valence-corrected chi connectivity index (χ3v) is 3.76. The molecular formula is C16H23N5O2. The Bertz CT molecular complexity index is 645. The zero-order valence-electron chi connectivity index (χ0n) is 14.3. The van der Waals surface area contributed by atoms with Gasteiger partial charge in [0.1, 0.15) is 17.2 Å². The van der Waals surface area contributed by atoms with E-state index in [9.17, 15) is 10.1 Å². The van der Waals surface area contributed by atoms with Crippen molar-refractivity contribution in [1.29, 1.82) is 5.26 Å². The number of nitrogens with zero attached hydrogens (tertiary/aromatic N) is 4. The number of anilines is 1. The molecule has 7 nitrogen and oxygen atoms in total. The molecule has 23 heavy (non-hydrogen) atoms. The normalized spacial score (nSPS) is 17.7. The summed E-state index contributed by atoms with van der Waals surface area (Å²) in [5.74, 6) is 0.587. The molecule has 2 heterocycles. The van der Waals surface area contributed by atoms with Gasteiger partial charge in [0.2, 0.25) is 0 Å². The Morgan fingerprint density at radius 1 is 1.39 bits per heavy atom. The summed E-state index contributed by atoms with van der Waals surface area (Å²) in [5.41, 5.74) is 1.64. The lowest BCUT2D eigenvalue weighted by molar-refractivity contribution is 0.0509. The molecule has 1 fully saturated rings. The van der Waals surface area contributed by atoms with Gasteiger partial charge in [-0.15, -0.1) is 5.10 Å². The third-order valence-electron chi connectivity index (χ3n) is 3.76. The second kappa shape index (κ2) is 6.41. The van der Waals surface area contributed by atoms with E-state index in [1.54, 1.807) is 0 Å². The van der Waals surface area contributed by atoms with Crippen LogP contribution in [0.5, 0.6) is 0 Å². The van der Waals surface area contributed by atoms with Crippen molar-refractivity contribution in [2.45, 2.75) is 52.7 Å². The Kier molecular flexibility index (Phi) is 4.73. The highest BCUT2D eigenvalue weighted by Crippen LogP contribution is 2.24. The number of aromatic nitrogens is 2. The molecule has 0 saturated carbocycles. The first-order valence-electron chi connectivity index (χ1n) is 7.69. The number of alkyl carbamates (subject to hydrolysis) is 1. The van der Waals surface area contributed by atoms with Crippen molar-refractivity contribution < 1.29 is 9.53 Å². The summed E-state index contributed by atoms with van der Waals surface area (Å²) in [7, 11) is 0. The molecule has 1 amide bonds. The van der Waals surface area contributed by atoms with E-state index in [4.69, 9.17) is 4.74 Å². The fourth-order valence-electron chi connectivity index (χ4n) is 2.50. The zero-order chi connectivity index (χ0) is 17.2. The molecule has 0 spiro atoms. The summed E-state index contributed by atoms with van der Waals surface area (Å²) in [4.78, 5) is 13.8. The average molecular weight is 317 g/mol. The van der Waals surface area contributed by atoms with Gasteiger partial charge in [-0.05, 0) is 46.6 Å². The van der Waals surface area contributed by atoms with Crippen LogP contribution in [0.25, 0.3) is 0 Å². The van der Waals surface area contributed by atoms with Gasteiger partial charge in [-0.1, -0.05) is 0 Å². The van der Waals surface area contributed by atoms with Crippen LogP contribution in [-0.2, 0) is 4.74 Å². The van der Waals surface area contributed by atoms with Crippen LogP contribution in [0, 0.1) is 25.2 Å². The molecule has 7 heteroatoms. The van der Waals surface area contributed by atoms with Gasteiger partial charge in [0.15, 0.2) is 5.82 Å². The molecule has 124 valence electrons. The Morgan fingerprint density at radius 2 is 2.09 bits per heavy atom. The van der Waals surface area contributed by atoms with Crippen LogP contribution in [-0.4, -0.2) is 41.0 Å². The highest BCUT2D eigenvalue weighted by molar-refractivity contribution is 5.68. The first kappa shape index (κ1) is 17.0. The van der Waals surface area contributed by atoms with Crippen molar-refractivity contribution in [3.63, 3.8) is 0 Å². The van der Waals surface area contributed by atoms with Gasteiger partial charge in [-0.3, -0.25) is 0 Å².